The molecule has 0 radical (unpaired) electrons. The zero-order chi connectivity index (χ0) is 28.5. The third-order valence-electron chi connectivity index (χ3n) is 6.31. The average Bonchev–Trinajstić information content (AvgIpc) is 2.96. The van der Waals surface area contributed by atoms with Crippen molar-refractivity contribution in [2.45, 2.75) is 38.8 Å². The summed E-state index contributed by atoms with van der Waals surface area (Å²) in [5, 5.41) is 31.4. The Morgan fingerprint density at radius 1 is 0.950 bits per heavy atom. The summed E-state index contributed by atoms with van der Waals surface area (Å²) >= 11 is 3.73. The van der Waals surface area contributed by atoms with Gasteiger partial charge in [0.1, 0.15) is 30.8 Å². The topological polar surface area (TPSA) is 112 Å². The SMILES string of the molecule is C[C@H](O)[C@@H](NCc1ccc(OCc2cccc(-c3ccccc3)c2Br)cc1OCc1cccc(C#N)c1)C(=O)O. The van der Waals surface area contributed by atoms with E-state index >= 15 is 0 Å². The second kappa shape index (κ2) is 13.8. The Kier molecular flexibility index (Phi) is 9.92. The van der Waals surface area contributed by atoms with E-state index in [1.807, 2.05) is 36.4 Å². The van der Waals surface area contributed by atoms with Gasteiger partial charge in [-0.2, -0.15) is 5.26 Å². The largest absolute Gasteiger partial charge is 0.489 e. The Morgan fingerprint density at radius 2 is 1.73 bits per heavy atom. The van der Waals surface area contributed by atoms with E-state index in [1.165, 1.54) is 6.92 Å². The molecule has 0 aliphatic heterocycles. The second-order valence-corrected chi connectivity index (χ2v) is 10.0. The Balaban J connectivity index is 1.54. The summed E-state index contributed by atoms with van der Waals surface area (Å²) in [7, 11) is 0. The molecule has 0 fully saturated rings. The summed E-state index contributed by atoms with van der Waals surface area (Å²) < 4.78 is 13.2. The number of aliphatic carboxylic acids is 1. The van der Waals surface area contributed by atoms with Gasteiger partial charge in [-0.05, 0) is 57.7 Å². The highest BCUT2D eigenvalue weighted by molar-refractivity contribution is 9.10. The lowest BCUT2D eigenvalue weighted by Gasteiger charge is -2.19. The summed E-state index contributed by atoms with van der Waals surface area (Å²) in [6, 6.07) is 29.6. The van der Waals surface area contributed by atoms with Crippen molar-refractivity contribution in [1.29, 1.82) is 5.26 Å². The van der Waals surface area contributed by atoms with Gasteiger partial charge in [0.15, 0.2) is 0 Å². The van der Waals surface area contributed by atoms with Crippen LogP contribution in [-0.2, 0) is 24.6 Å². The molecule has 4 rings (SSSR count). The van der Waals surface area contributed by atoms with Crippen molar-refractivity contribution in [3.05, 3.63) is 118 Å². The van der Waals surface area contributed by atoms with Crippen molar-refractivity contribution >= 4 is 21.9 Å². The average molecular weight is 601 g/mol. The molecule has 2 atom stereocenters. The Bertz CT molecular complexity index is 1500. The molecule has 0 bridgehead atoms. The lowest BCUT2D eigenvalue weighted by atomic mass is 10.0. The highest BCUT2D eigenvalue weighted by atomic mass is 79.9. The summed E-state index contributed by atoms with van der Waals surface area (Å²) in [5.74, 6) is -0.0694. The van der Waals surface area contributed by atoms with Crippen LogP contribution in [0.25, 0.3) is 11.1 Å². The first-order chi connectivity index (χ1) is 19.4. The van der Waals surface area contributed by atoms with E-state index in [9.17, 15) is 20.3 Å². The molecule has 0 saturated heterocycles. The molecule has 0 unspecified atom stereocenters. The number of nitrogens with one attached hydrogen (secondary N) is 1. The van der Waals surface area contributed by atoms with Gasteiger partial charge in [0.25, 0.3) is 0 Å². The first-order valence-electron chi connectivity index (χ1n) is 12.7. The third-order valence-corrected chi connectivity index (χ3v) is 7.24. The Labute approximate surface area is 241 Å². The van der Waals surface area contributed by atoms with Crippen LogP contribution in [0.3, 0.4) is 0 Å². The molecule has 4 aromatic rings. The zero-order valence-electron chi connectivity index (χ0n) is 21.9. The van der Waals surface area contributed by atoms with Gasteiger partial charge in [-0.1, -0.05) is 66.7 Å². The quantitative estimate of drug-likeness (QED) is 0.181. The standard InChI is InChI=1S/C32H29BrN2O5/c1-21(36)31(32(37)38)35-18-25-13-14-27(16-29(25)40-19-23-8-5-7-22(15-23)17-34)39-20-26-11-6-12-28(30(26)33)24-9-3-2-4-10-24/h2-16,21,31,35-36H,18-20H2,1H3,(H,37,38)/t21-,31+/m0/s1. The van der Waals surface area contributed by atoms with Crippen molar-refractivity contribution in [3.8, 4) is 28.7 Å². The summed E-state index contributed by atoms with van der Waals surface area (Å²) in [6.07, 6.45) is -1.08. The van der Waals surface area contributed by atoms with E-state index in [0.717, 1.165) is 26.7 Å². The summed E-state index contributed by atoms with van der Waals surface area (Å²) in [4.78, 5) is 11.5. The number of nitrogens with zero attached hydrogens (tertiary/aromatic N) is 1. The predicted octanol–water partition coefficient (Wildman–Crippen LogP) is 6.07. The predicted molar refractivity (Wildman–Crippen MR) is 156 cm³/mol. The second-order valence-electron chi connectivity index (χ2n) is 9.24. The van der Waals surface area contributed by atoms with Gasteiger partial charge in [0.2, 0.25) is 0 Å². The maximum absolute atomic E-state index is 11.5. The van der Waals surface area contributed by atoms with E-state index in [4.69, 9.17) is 9.47 Å². The molecule has 3 N–H and O–H groups in total. The van der Waals surface area contributed by atoms with Gasteiger partial charge >= 0.3 is 5.97 Å². The van der Waals surface area contributed by atoms with Crippen molar-refractivity contribution in [2.24, 2.45) is 0 Å². The lowest BCUT2D eigenvalue weighted by Crippen LogP contribution is -2.44. The molecule has 0 spiro atoms. The molecule has 8 heteroatoms. The van der Waals surface area contributed by atoms with Crippen LogP contribution in [0, 0.1) is 11.3 Å². The summed E-state index contributed by atoms with van der Waals surface area (Å²) in [6.45, 7) is 2.09. The minimum absolute atomic E-state index is 0.153. The van der Waals surface area contributed by atoms with Crippen molar-refractivity contribution in [1.82, 2.24) is 5.32 Å². The molecule has 7 nitrogen and oxygen atoms in total. The first-order valence-corrected chi connectivity index (χ1v) is 13.5. The van der Waals surface area contributed by atoms with Gasteiger partial charge in [0, 0.05) is 28.2 Å². The van der Waals surface area contributed by atoms with Gasteiger partial charge in [-0.15, -0.1) is 0 Å². The van der Waals surface area contributed by atoms with Crippen LogP contribution in [0.4, 0.5) is 0 Å². The van der Waals surface area contributed by atoms with Crippen molar-refractivity contribution < 1.29 is 24.5 Å². The van der Waals surface area contributed by atoms with Crippen LogP contribution >= 0.6 is 15.9 Å². The van der Waals surface area contributed by atoms with E-state index in [-0.39, 0.29) is 13.2 Å². The molecular formula is C32H29BrN2O5. The fourth-order valence-corrected chi connectivity index (χ4v) is 4.78. The number of benzene rings is 4. The maximum Gasteiger partial charge on any atom is 0.323 e. The number of carbonyl (C=O) groups is 1. The van der Waals surface area contributed by atoms with Crippen LogP contribution in [-0.4, -0.2) is 28.3 Å². The number of aliphatic hydroxyl groups excluding tert-OH is 1. The molecular weight excluding hydrogens is 572 g/mol. The summed E-state index contributed by atoms with van der Waals surface area (Å²) in [5.41, 5.74) is 5.19. The highest BCUT2D eigenvalue weighted by Crippen LogP contribution is 2.32. The molecule has 0 aliphatic carbocycles. The number of nitriles is 1. The number of hydrogen-bond acceptors (Lipinski definition) is 6. The van der Waals surface area contributed by atoms with Crippen molar-refractivity contribution in [2.75, 3.05) is 0 Å². The Hall–Kier alpha value is -4.16. The van der Waals surface area contributed by atoms with E-state index in [0.29, 0.717) is 29.2 Å². The molecule has 40 heavy (non-hydrogen) atoms. The first kappa shape index (κ1) is 28.8. The monoisotopic (exact) mass is 600 g/mol. The molecule has 4 aromatic carbocycles. The number of carboxylic acid groups (broad SMARTS) is 1. The zero-order valence-corrected chi connectivity index (χ0v) is 23.5. The van der Waals surface area contributed by atoms with Gasteiger partial charge in [-0.3, -0.25) is 10.1 Å². The van der Waals surface area contributed by atoms with Gasteiger partial charge in [0.05, 0.1) is 17.7 Å². The van der Waals surface area contributed by atoms with E-state index in [2.05, 4.69) is 45.5 Å². The van der Waals surface area contributed by atoms with Crippen LogP contribution in [0.2, 0.25) is 0 Å². The number of hydrogen-bond donors (Lipinski definition) is 3. The third kappa shape index (κ3) is 7.48. The minimum Gasteiger partial charge on any atom is -0.489 e. The van der Waals surface area contributed by atoms with Gasteiger partial charge in [-0.25, -0.2) is 0 Å². The van der Waals surface area contributed by atoms with Crippen LogP contribution in [0.1, 0.15) is 29.2 Å². The van der Waals surface area contributed by atoms with E-state index < -0.39 is 18.1 Å². The maximum atomic E-state index is 11.5. The Morgan fingerprint density at radius 3 is 2.45 bits per heavy atom. The van der Waals surface area contributed by atoms with Gasteiger partial charge < -0.3 is 19.7 Å². The number of rotatable bonds is 12. The molecule has 0 heterocycles. The highest BCUT2D eigenvalue weighted by Gasteiger charge is 2.23. The number of aliphatic hydroxyl groups is 1. The molecule has 0 amide bonds. The minimum atomic E-state index is -1.14. The molecule has 204 valence electrons. The fraction of sp³-hybridized carbons (Fsp3) is 0.188. The smallest absolute Gasteiger partial charge is 0.323 e. The van der Waals surface area contributed by atoms with Crippen molar-refractivity contribution in [3.63, 3.8) is 0 Å². The van der Waals surface area contributed by atoms with Crippen LogP contribution < -0.4 is 14.8 Å². The normalized spacial score (nSPS) is 12.2. The van der Waals surface area contributed by atoms with Crippen LogP contribution in [0.5, 0.6) is 11.5 Å². The molecule has 0 saturated carbocycles. The number of halogens is 1. The van der Waals surface area contributed by atoms with E-state index in [1.54, 1.807) is 36.4 Å². The number of carboxylic acids is 1. The lowest BCUT2D eigenvalue weighted by molar-refractivity contribution is -0.142. The number of ether oxygens (including phenoxy) is 2. The fourth-order valence-electron chi connectivity index (χ4n) is 4.17. The van der Waals surface area contributed by atoms with Crippen LogP contribution in [0.15, 0.2) is 95.5 Å². The molecule has 0 aliphatic rings. The molecule has 0 aromatic heterocycles.